The summed E-state index contributed by atoms with van der Waals surface area (Å²) in [6.45, 7) is 4.01. The van der Waals surface area contributed by atoms with Crippen molar-refractivity contribution in [2.45, 2.75) is 45.1 Å². The molecule has 1 heterocycles. The predicted octanol–water partition coefficient (Wildman–Crippen LogP) is 2.99. The van der Waals surface area contributed by atoms with Crippen molar-refractivity contribution in [3.05, 3.63) is 35.1 Å². The number of hydrogen-bond donors (Lipinski definition) is 1. The highest BCUT2D eigenvalue weighted by atomic mass is 19.1. The first kappa shape index (κ1) is 15.5. The first-order valence-corrected chi connectivity index (χ1v) is 7.23. The van der Waals surface area contributed by atoms with Crippen LogP contribution >= 0.6 is 0 Å². The quantitative estimate of drug-likeness (QED) is 0.928. The fourth-order valence-corrected chi connectivity index (χ4v) is 3.19. The van der Waals surface area contributed by atoms with Crippen LogP contribution in [0.3, 0.4) is 0 Å². The van der Waals surface area contributed by atoms with Gasteiger partial charge < -0.3 is 10.0 Å². The Labute approximate surface area is 123 Å². The highest BCUT2D eigenvalue weighted by Crippen LogP contribution is 2.35. The van der Waals surface area contributed by atoms with E-state index in [9.17, 15) is 19.1 Å². The molecule has 0 aromatic heterocycles. The number of aryl methyl sites for hydroxylation is 1. The van der Waals surface area contributed by atoms with Gasteiger partial charge in [-0.3, -0.25) is 4.79 Å². The molecule has 1 aromatic rings. The Balaban J connectivity index is 2.38. The summed E-state index contributed by atoms with van der Waals surface area (Å²) in [4.78, 5) is 25.8. The first-order chi connectivity index (χ1) is 9.90. The third-order valence-electron chi connectivity index (χ3n) is 4.08. The number of carbonyl (C=O) groups excluding carboxylic acids is 1. The van der Waals surface area contributed by atoms with E-state index in [0.717, 1.165) is 0 Å². The number of benzene rings is 1. The Hall–Kier alpha value is -1.91. The van der Waals surface area contributed by atoms with Crippen LogP contribution in [0.5, 0.6) is 0 Å². The fourth-order valence-electron chi connectivity index (χ4n) is 3.19. The van der Waals surface area contributed by atoms with Crippen molar-refractivity contribution in [1.82, 2.24) is 4.90 Å². The molecule has 1 atom stereocenters. The van der Waals surface area contributed by atoms with Crippen molar-refractivity contribution >= 4 is 11.9 Å². The second-order valence-electron chi connectivity index (χ2n) is 5.66. The number of rotatable bonds is 4. The normalized spacial score (nSPS) is 21.6. The Bertz CT molecular complexity index is 552. The third-order valence-corrected chi connectivity index (χ3v) is 4.08. The largest absolute Gasteiger partial charge is 0.479 e. The number of amides is 1. The van der Waals surface area contributed by atoms with Gasteiger partial charge in [0.15, 0.2) is 0 Å². The topological polar surface area (TPSA) is 57.6 Å². The van der Waals surface area contributed by atoms with E-state index in [1.165, 1.54) is 17.0 Å². The number of carbonyl (C=O) groups is 2. The number of carboxylic acid groups (broad SMARTS) is 1. The maximum Gasteiger partial charge on any atom is 0.329 e. The van der Waals surface area contributed by atoms with Crippen molar-refractivity contribution in [1.29, 1.82) is 0 Å². The molecular formula is C16H20FNO3. The summed E-state index contributed by atoms with van der Waals surface area (Å²) in [7, 11) is 0. The molecule has 1 amide bonds. The molecule has 0 bridgehead atoms. The van der Waals surface area contributed by atoms with Gasteiger partial charge in [-0.05, 0) is 49.9 Å². The Morgan fingerprint density at radius 2 is 2.10 bits per heavy atom. The smallest absolute Gasteiger partial charge is 0.329 e. The summed E-state index contributed by atoms with van der Waals surface area (Å²) >= 11 is 0. The Morgan fingerprint density at radius 1 is 1.38 bits per heavy atom. The van der Waals surface area contributed by atoms with E-state index in [0.29, 0.717) is 37.8 Å². The summed E-state index contributed by atoms with van der Waals surface area (Å²) in [6, 6.07) is 4.12. The van der Waals surface area contributed by atoms with E-state index in [4.69, 9.17) is 0 Å². The minimum atomic E-state index is -1.15. The van der Waals surface area contributed by atoms with Crippen molar-refractivity contribution in [3.8, 4) is 0 Å². The molecule has 5 heteroatoms. The van der Waals surface area contributed by atoms with Crippen LogP contribution in [0.4, 0.5) is 4.39 Å². The molecule has 1 N–H and O–H groups in total. The highest BCUT2D eigenvalue weighted by Gasteiger charge is 2.49. The minimum absolute atomic E-state index is 0.219. The summed E-state index contributed by atoms with van der Waals surface area (Å²) in [5, 5.41) is 9.60. The van der Waals surface area contributed by atoms with Crippen LogP contribution in [-0.2, 0) is 4.79 Å². The number of halogens is 1. The molecule has 1 saturated heterocycles. The van der Waals surface area contributed by atoms with E-state index in [1.807, 2.05) is 6.92 Å². The summed E-state index contributed by atoms with van der Waals surface area (Å²) < 4.78 is 13.5. The molecule has 114 valence electrons. The maximum absolute atomic E-state index is 13.5. The number of hydrogen-bond acceptors (Lipinski definition) is 2. The number of nitrogens with zero attached hydrogens (tertiary/aromatic N) is 1. The lowest BCUT2D eigenvalue weighted by molar-refractivity contribution is -0.148. The van der Waals surface area contributed by atoms with E-state index in [1.54, 1.807) is 13.0 Å². The average molecular weight is 293 g/mol. The van der Waals surface area contributed by atoms with Crippen molar-refractivity contribution in [3.63, 3.8) is 0 Å². The molecule has 2 rings (SSSR count). The number of aliphatic carboxylic acids is 1. The van der Waals surface area contributed by atoms with E-state index in [2.05, 4.69) is 0 Å². The van der Waals surface area contributed by atoms with Crippen LogP contribution in [-0.4, -0.2) is 34.0 Å². The monoisotopic (exact) mass is 293 g/mol. The maximum atomic E-state index is 13.5. The molecule has 1 aliphatic rings. The molecule has 0 saturated carbocycles. The van der Waals surface area contributed by atoms with Crippen LogP contribution in [0.1, 0.15) is 48.5 Å². The minimum Gasteiger partial charge on any atom is -0.479 e. The number of carboxylic acids is 1. The highest BCUT2D eigenvalue weighted by molar-refractivity contribution is 5.98. The average Bonchev–Trinajstić information content (AvgIpc) is 2.82. The zero-order valence-electron chi connectivity index (χ0n) is 12.4. The summed E-state index contributed by atoms with van der Waals surface area (Å²) in [6.07, 6.45) is 2.21. The van der Waals surface area contributed by atoms with Crippen LogP contribution in [0.25, 0.3) is 0 Å². The molecule has 1 aromatic carbocycles. The van der Waals surface area contributed by atoms with Crippen LogP contribution in [0.2, 0.25) is 0 Å². The van der Waals surface area contributed by atoms with Gasteiger partial charge >= 0.3 is 5.97 Å². The van der Waals surface area contributed by atoms with Gasteiger partial charge in [0.1, 0.15) is 11.4 Å². The molecule has 1 fully saturated rings. The molecule has 1 unspecified atom stereocenters. The lowest BCUT2D eigenvalue weighted by Gasteiger charge is -2.34. The molecule has 4 nitrogen and oxygen atoms in total. The fraction of sp³-hybridized carbons (Fsp3) is 0.500. The molecular weight excluding hydrogens is 273 g/mol. The van der Waals surface area contributed by atoms with Crippen molar-refractivity contribution < 1.29 is 19.1 Å². The van der Waals surface area contributed by atoms with Crippen LogP contribution < -0.4 is 0 Å². The van der Waals surface area contributed by atoms with Gasteiger partial charge in [-0.15, -0.1) is 0 Å². The van der Waals surface area contributed by atoms with Gasteiger partial charge in [-0.1, -0.05) is 13.3 Å². The second kappa shape index (κ2) is 5.84. The van der Waals surface area contributed by atoms with E-state index < -0.39 is 23.2 Å². The Morgan fingerprint density at radius 3 is 2.67 bits per heavy atom. The standard InChI is InChI=1S/C16H20FNO3/c1-3-5-16(15(20)21)6-4-7-18(16)14(19)12-8-11(2)9-13(17)10-12/h8-10H,3-7H2,1-2H3,(H,20,21). The molecule has 0 spiro atoms. The van der Waals surface area contributed by atoms with Crippen LogP contribution in [0.15, 0.2) is 18.2 Å². The van der Waals surface area contributed by atoms with Gasteiger partial charge in [0.25, 0.3) is 5.91 Å². The lowest BCUT2D eigenvalue weighted by atomic mass is 9.90. The van der Waals surface area contributed by atoms with Gasteiger partial charge in [-0.2, -0.15) is 0 Å². The number of likely N-dealkylation sites (tertiary alicyclic amines) is 1. The zero-order valence-corrected chi connectivity index (χ0v) is 12.4. The SMILES string of the molecule is CCCC1(C(=O)O)CCCN1C(=O)c1cc(C)cc(F)c1. The predicted molar refractivity (Wildman–Crippen MR) is 76.7 cm³/mol. The van der Waals surface area contributed by atoms with Crippen LogP contribution in [0, 0.1) is 12.7 Å². The van der Waals surface area contributed by atoms with Gasteiger partial charge in [0, 0.05) is 12.1 Å². The van der Waals surface area contributed by atoms with Gasteiger partial charge in [0.05, 0.1) is 0 Å². The lowest BCUT2D eigenvalue weighted by Crippen LogP contribution is -2.53. The van der Waals surface area contributed by atoms with Gasteiger partial charge in [-0.25, -0.2) is 9.18 Å². The van der Waals surface area contributed by atoms with Crippen molar-refractivity contribution in [2.75, 3.05) is 6.54 Å². The van der Waals surface area contributed by atoms with Gasteiger partial charge in [0.2, 0.25) is 0 Å². The summed E-state index contributed by atoms with van der Waals surface area (Å²) in [5.74, 6) is -1.84. The summed E-state index contributed by atoms with van der Waals surface area (Å²) in [5.41, 5.74) is -0.281. The van der Waals surface area contributed by atoms with Crippen molar-refractivity contribution in [2.24, 2.45) is 0 Å². The van der Waals surface area contributed by atoms with E-state index >= 15 is 0 Å². The Kier molecular flexibility index (Phi) is 4.30. The molecule has 1 aliphatic heterocycles. The third kappa shape index (κ3) is 2.77. The van der Waals surface area contributed by atoms with E-state index in [-0.39, 0.29) is 5.56 Å². The molecule has 0 aliphatic carbocycles. The zero-order chi connectivity index (χ0) is 15.6. The second-order valence-corrected chi connectivity index (χ2v) is 5.66. The molecule has 0 radical (unpaired) electrons. The first-order valence-electron chi connectivity index (χ1n) is 7.23. The molecule has 21 heavy (non-hydrogen) atoms.